The van der Waals surface area contributed by atoms with Crippen molar-refractivity contribution < 1.29 is 19.4 Å². The molecule has 0 spiro atoms. The molecule has 0 aromatic heterocycles. The van der Waals surface area contributed by atoms with Gasteiger partial charge in [0.1, 0.15) is 5.75 Å². The van der Waals surface area contributed by atoms with Crippen LogP contribution in [-0.4, -0.2) is 23.6 Å². The Hall–Kier alpha value is -2.04. The summed E-state index contributed by atoms with van der Waals surface area (Å²) >= 11 is 0. The molecule has 0 saturated carbocycles. The average Bonchev–Trinajstić information content (AvgIpc) is 2.46. The second kappa shape index (κ2) is 8.29. The van der Waals surface area contributed by atoms with E-state index in [9.17, 15) is 9.59 Å². The predicted octanol–water partition coefficient (Wildman–Crippen LogP) is 3.16. The van der Waals surface area contributed by atoms with Crippen LogP contribution in [-0.2, 0) is 9.59 Å². The Balaban J connectivity index is 2.67. The maximum Gasteiger partial charge on any atom is 0.341 e. The number of hydrogen-bond acceptors (Lipinski definition) is 3. The Labute approximate surface area is 125 Å². The summed E-state index contributed by atoms with van der Waals surface area (Å²) in [6.45, 7) is 5.69. The predicted molar refractivity (Wildman–Crippen MR) is 81.4 cm³/mol. The number of hydrogen-bond donors (Lipinski definition) is 2. The van der Waals surface area contributed by atoms with Crippen molar-refractivity contribution in [3.63, 3.8) is 0 Å². The minimum atomic E-state index is -1.04. The molecule has 0 fully saturated rings. The quantitative estimate of drug-likeness (QED) is 0.772. The molecule has 0 saturated heterocycles. The fourth-order valence-corrected chi connectivity index (χ4v) is 2.27. The van der Waals surface area contributed by atoms with Crippen molar-refractivity contribution in [2.24, 2.45) is 11.8 Å². The van der Waals surface area contributed by atoms with Crippen LogP contribution in [0.4, 0.5) is 5.69 Å². The molecule has 2 N–H and O–H groups in total. The van der Waals surface area contributed by atoms with E-state index in [1.165, 1.54) is 0 Å². The number of carbonyl (C=O) groups excluding carboxylic acids is 1. The van der Waals surface area contributed by atoms with Crippen molar-refractivity contribution in [1.29, 1.82) is 0 Å². The van der Waals surface area contributed by atoms with Crippen LogP contribution in [0.15, 0.2) is 24.3 Å². The molecule has 1 amide bonds. The highest BCUT2D eigenvalue weighted by molar-refractivity contribution is 5.92. The lowest BCUT2D eigenvalue weighted by atomic mass is 9.88. The monoisotopic (exact) mass is 293 g/mol. The van der Waals surface area contributed by atoms with Gasteiger partial charge in [0.2, 0.25) is 5.91 Å². The van der Waals surface area contributed by atoms with Gasteiger partial charge >= 0.3 is 5.97 Å². The molecule has 0 aliphatic rings. The number of carboxylic acid groups (broad SMARTS) is 1. The molecule has 0 aliphatic carbocycles. The van der Waals surface area contributed by atoms with E-state index in [-0.39, 0.29) is 11.8 Å². The Morgan fingerprint density at radius 3 is 2.52 bits per heavy atom. The zero-order valence-corrected chi connectivity index (χ0v) is 12.8. The Morgan fingerprint density at radius 1 is 1.29 bits per heavy atom. The summed E-state index contributed by atoms with van der Waals surface area (Å²) in [7, 11) is 0. The number of anilines is 1. The fourth-order valence-electron chi connectivity index (χ4n) is 2.27. The molecule has 0 heterocycles. The minimum Gasteiger partial charge on any atom is -0.482 e. The van der Waals surface area contributed by atoms with Crippen LogP contribution in [0, 0.1) is 11.8 Å². The van der Waals surface area contributed by atoms with Gasteiger partial charge in [-0.1, -0.05) is 39.7 Å². The van der Waals surface area contributed by atoms with E-state index in [1.54, 1.807) is 24.3 Å². The van der Waals surface area contributed by atoms with Crippen molar-refractivity contribution in [2.75, 3.05) is 11.9 Å². The van der Waals surface area contributed by atoms with E-state index in [4.69, 9.17) is 9.84 Å². The van der Waals surface area contributed by atoms with Gasteiger partial charge in [0, 0.05) is 17.7 Å². The SMILES string of the molecule is CCC(CC)C(C)C(=O)Nc1cccc(OCC(=O)O)c1. The Morgan fingerprint density at radius 2 is 1.95 bits per heavy atom. The number of aliphatic carboxylic acids is 1. The van der Waals surface area contributed by atoms with Gasteiger partial charge in [-0.3, -0.25) is 4.79 Å². The van der Waals surface area contributed by atoms with Gasteiger partial charge in [-0.05, 0) is 18.1 Å². The third-order valence-corrected chi connectivity index (χ3v) is 3.63. The summed E-state index contributed by atoms with van der Waals surface area (Å²) < 4.78 is 5.09. The topological polar surface area (TPSA) is 75.6 Å². The van der Waals surface area contributed by atoms with Crippen molar-refractivity contribution in [3.05, 3.63) is 24.3 Å². The lowest BCUT2D eigenvalue weighted by Crippen LogP contribution is -2.26. The maximum atomic E-state index is 12.2. The molecule has 0 bridgehead atoms. The van der Waals surface area contributed by atoms with E-state index >= 15 is 0 Å². The molecule has 5 nitrogen and oxygen atoms in total. The second-order valence-electron chi connectivity index (χ2n) is 5.06. The third kappa shape index (κ3) is 5.45. The molecule has 21 heavy (non-hydrogen) atoms. The summed E-state index contributed by atoms with van der Waals surface area (Å²) in [5, 5.41) is 11.4. The van der Waals surface area contributed by atoms with Crippen molar-refractivity contribution in [3.8, 4) is 5.75 Å². The normalized spacial score (nSPS) is 12.0. The fraction of sp³-hybridized carbons (Fsp3) is 0.500. The molecular weight excluding hydrogens is 270 g/mol. The first-order valence-electron chi connectivity index (χ1n) is 7.23. The smallest absolute Gasteiger partial charge is 0.341 e. The van der Waals surface area contributed by atoms with E-state index in [1.807, 2.05) is 6.92 Å². The van der Waals surface area contributed by atoms with Crippen LogP contribution in [0.25, 0.3) is 0 Å². The van der Waals surface area contributed by atoms with Crippen LogP contribution in [0.3, 0.4) is 0 Å². The van der Waals surface area contributed by atoms with Crippen LogP contribution in [0.1, 0.15) is 33.6 Å². The number of amides is 1. The van der Waals surface area contributed by atoms with Crippen LogP contribution >= 0.6 is 0 Å². The highest BCUT2D eigenvalue weighted by Gasteiger charge is 2.21. The molecule has 1 unspecified atom stereocenters. The van der Waals surface area contributed by atoms with Crippen LogP contribution < -0.4 is 10.1 Å². The first-order valence-corrected chi connectivity index (χ1v) is 7.23. The van der Waals surface area contributed by atoms with Gasteiger partial charge in [-0.15, -0.1) is 0 Å². The zero-order valence-electron chi connectivity index (χ0n) is 12.8. The van der Waals surface area contributed by atoms with Gasteiger partial charge in [-0.2, -0.15) is 0 Å². The number of rotatable bonds is 8. The van der Waals surface area contributed by atoms with E-state index in [0.29, 0.717) is 17.4 Å². The first-order chi connectivity index (χ1) is 9.97. The zero-order chi connectivity index (χ0) is 15.8. The molecule has 1 atom stereocenters. The summed E-state index contributed by atoms with van der Waals surface area (Å²) in [6, 6.07) is 6.75. The third-order valence-electron chi connectivity index (χ3n) is 3.63. The highest BCUT2D eigenvalue weighted by atomic mass is 16.5. The number of ether oxygens (including phenoxy) is 1. The lowest BCUT2D eigenvalue weighted by molar-refractivity contribution is -0.139. The number of carbonyl (C=O) groups is 2. The molecule has 1 aromatic rings. The van der Waals surface area contributed by atoms with Gasteiger partial charge in [0.25, 0.3) is 0 Å². The number of carboxylic acids is 1. The average molecular weight is 293 g/mol. The van der Waals surface area contributed by atoms with Gasteiger partial charge in [-0.25, -0.2) is 4.79 Å². The molecule has 1 aromatic carbocycles. The van der Waals surface area contributed by atoms with Crippen molar-refractivity contribution >= 4 is 17.6 Å². The van der Waals surface area contributed by atoms with Gasteiger partial charge in [0.05, 0.1) is 0 Å². The lowest BCUT2D eigenvalue weighted by Gasteiger charge is -2.20. The largest absolute Gasteiger partial charge is 0.482 e. The Bertz CT molecular complexity index is 483. The van der Waals surface area contributed by atoms with E-state index in [0.717, 1.165) is 12.8 Å². The van der Waals surface area contributed by atoms with Gasteiger partial charge in [0.15, 0.2) is 6.61 Å². The summed E-state index contributed by atoms with van der Waals surface area (Å²) in [4.78, 5) is 22.7. The van der Waals surface area contributed by atoms with Crippen LogP contribution in [0.2, 0.25) is 0 Å². The molecule has 0 aliphatic heterocycles. The number of nitrogens with one attached hydrogen (secondary N) is 1. The van der Waals surface area contributed by atoms with Crippen molar-refractivity contribution in [1.82, 2.24) is 0 Å². The Kier molecular flexibility index (Phi) is 6.72. The second-order valence-corrected chi connectivity index (χ2v) is 5.06. The van der Waals surface area contributed by atoms with E-state index in [2.05, 4.69) is 19.2 Å². The standard InChI is InChI=1S/C16H23NO4/c1-4-12(5-2)11(3)16(20)17-13-7-6-8-14(9-13)21-10-15(18)19/h6-9,11-12H,4-5,10H2,1-3H3,(H,17,20)(H,18,19). The van der Waals surface area contributed by atoms with Gasteiger partial charge < -0.3 is 15.2 Å². The summed E-state index contributed by atoms with van der Waals surface area (Å²) in [5.41, 5.74) is 0.612. The molecule has 5 heteroatoms. The van der Waals surface area contributed by atoms with Crippen molar-refractivity contribution in [2.45, 2.75) is 33.6 Å². The molecule has 116 valence electrons. The summed E-state index contributed by atoms with van der Waals surface area (Å²) in [6.07, 6.45) is 1.93. The molecular formula is C16H23NO4. The van der Waals surface area contributed by atoms with Crippen LogP contribution in [0.5, 0.6) is 5.75 Å². The maximum absolute atomic E-state index is 12.2. The first kappa shape index (κ1) is 17.0. The molecule has 0 radical (unpaired) electrons. The number of benzene rings is 1. The highest BCUT2D eigenvalue weighted by Crippen LogP contribution is 2.22. The minimum absolute atomic E-state index is 0.0286. The van der Waals surface area contributed by atoms with E-state index < -0.39 is 12.6 Å². The summed E-state index contributed by atoms with van der Waals surface area (Å²) in [5.74, 6) is -0.351. The molecule has 1 rings (SSSR count).